The monoisotopic (exact) mass is 248 g/mol. The number of nitrogens with two attached hydrogens (primary N) is 2. The Morgan fingerprint density at radius 1 is 1.56 bits per heavy atom. The standard InChI is InChI=1S/C14H20N2O2/c1-2-10-4-3-5-11(8-10)18-12-6-7-14(16,9-12)13(15)17/h3-5,8,12H,2,6-7,9,16H2,1H3,(H2,15,17). The average molecular weight is 248 g/mol. The summed E-state index contributed by atoms with van der Waals surface area (Å²) in [6.45, 7) is 2.10. The molecular weight excluding hydrogens is 228 g/mol. The molecule has 2 unspecified atom stereocenters. The summed E-state index contributed by atoms with van der Waals surface area (Å²) in [7, 11) is 0. The van der Waals surface area contributed by atoms with Crippen molar-refractivity contribution >= 4 is 5.91 Å². The Kier molecular flexibility index (Phi) is 3.57. The van der Waals surface area contributed by atoms with Crippen LogP contribution in [-0.4, -0.2) is 17.6 Å². The molecule has 0 heterocycles. The van der Waals surface area contributed by atoms with Gasteiger partial charge in [-0.1, -0.05) is 19.1 Å². The molecule has 4 N–H and O–H groups in total. The molecule has 0 aromatic heterocycles. The van der Waals surface area contributed by atoms with Crippen LogP contribution in [0.5, 0.6) is 5.75 Å². The second-order valence-electron chi connectivity index (χ2n) is 5.00. The van der Waals surface area contributed by atoms with Crippen LogP contribution in [0.4, 0.5) is 0 Å². The highest BCUT2D eigenvalue weighted by Gasteiger charge is 2.41. The first-order chi connectivity index (χ1) is 8.53. The van der Waals surface area contributed by atoms with Crippen molar-refractivity contribution in [3.05, 3.63) is 29.8 Å². The van der Waals surface area contributed by atoms with E-state index in [1.54, 1.807) is 0 Å². The van der Waals surface area contributed by atoms with E-state index in [0.717, 1.165) is 18.6 Å². The molecule has 0 aliphatic heterocycles. The zero-order chi connectivity index (χ0) is 13.2. The number of aryl methyl sites for hydroxylation is 1. The Labute approximate surface area is 107 Å². The number of hydrogen-bond donors (Lipinski definition) is 2. The lowest BCUT2D eigenvalue weighted by Gasteiger charge is -2.20. The third-order valence-corrected chi connectivity index (χ3v) is 3.60. The van der Waals surface area contributed by atoms with Crippen molar-refractivity contribution in [1.29, 1.82) is 0 Å². The predicted octanol–water partition coefficient (Wildman–Crippen LogP) is 1.36. The van der Waals surface area contributed by atoms with Gasteiger partial charge in [-0.15, -0.1) is 0 Å². The van der Waals surface area contributed by atoms with E-state index in [9.17, 15) is 4.79 Å². The Balaban J connectivity index is 2.01. The van der Waals surface area contributed by atoms with E-state index in [-0.39, 0.29) is 6.10 Å². The second-order valence-corrected chi connectivity index (χ2v) is 5.00. The number of benzene rings is 1. The van der Waals surface area contributed by atoms with Gasteiger partial charge in [-0.2, -0.15) is 0 Å². The molecule has 2 atom stereocenters. The number of rotatable bonds is 4. The normalized spacial score (nSPS) is 27.1. The maximum atomic E-state index is 11.3. The van der Waals surface area contributed by atoms with Gasteiger partial charge in [0.25, 0.3) is 0 Å². The summed E-state index contributed by atoms with van der Waals surface area (Å²) in [6, 6.07) is 8.01. The second kappa shape index (κ2) is 4.98. The third-order valence-electron chi connectivity index (χ3n) is 3.60. The van der Waals surface area contributed by atoms with E-state index >= 15 is 0 Å². The van der Waals surface area contributed by atoms with E-state index in [2.05, 4.69) is 13.0 Å². The van der Waals surface area contributed by atoms with Gasteiger partial charge in [0.05, 0.1) is 5.54 Å². The molecule has 1 saturated carbocycles. The molecule has 4 nitrogen and oxygen atoms in total. The van der Waals surface area contributed by atoms with E-state index in [0.29, 0.717) is 12.8 Å². The highest BCUT2D eigenvalue weighted by molar-refractivity contribution is 5.84. The number of hydrogen-bond acceptors (Lipinski definition) is 3. The van der Waals surface area contributed by atoms with E-state index in [4.69, 9.17) is 16.2 Å². The summed E-state index contributed by atoms with van der Waals surface area (Å²) in [5.41, 5.74) is 11.6. The van der Waals surface area contributed by atoms with E-state index < -0.39 is 11.4 Å². The molecular formula is C14H20N2O2. The van der Waals surface area contributed by atoms with Gasteiger partial charge < -0.3 is 16.2 Å². The zero-order valence-corrected chi connectivity index (χ0v) is 10.7. The molecule has 1 aromatic carbocycles. The molecule has 2 rings (SSSR count). The van der Waals surface area contributed by atoms with Gasteiger partial charge in [-0.3, -0.25) is 4.79 Å². The molecule has 1 aliphatic carbocycles. The summed E-state index contributed by atoms with van der Waals surface area (Å²) in [4.78, 5) is 11.3. The van der Waals surface area contributed by atoms with Crippen LogP contribution in [0, 0.1) is 0 Å². The van der Waals surface area contributed by atoms with Crippen molar-refractivity contribution in [3.63, 3.8) is 0 Å². The van der Waals surface area contributed by atoms with Crippen molar-refractivity contribution in [2.45, 2.75) is 44.2 Å². The molecule has 1 fully saturated rings. The number of carbonyl (C=O) groups excluding carboxylic acids is 1. The lowest BCUT2D eigenvalue weighted by atomic mass is 9.99. The Bertz CT molecular complexity index is 447. The minimum absolute atomic E-state index is 0.0189. The van der Waals surface area contributed by atoms with Gasteiger partial charge in [0.1, 0.15) is 11.9 Å². The first-order valence-corrected chi connectivity index (χ1v) is 6.38. The van der Waals surface area contributed by atoms with Gasteiger partial charge in [-0.25, -0.2) is 0 Å². The van der Waals surface area contributed by atoms with E-state index in [1.165, 1.54) is 5.56 Å². The van der Waals surface area contributed by atoms with Crippen molar-refractivity contribution in [2.24, 2.45) is 11.5 Å². The van der Waals surface area contributed by atoms with Gasteiger partial charge in [0.2, 0.25) is 5.91 Å². The molecule has 4 heteroatoms. The minimum Gasteiger partial charge on any atom is -0.490 e. The van der Waals surface area contributed by atoms with Crippen LogP contribution in [0.1, 0.15) is 31.7 Å². The maximum absolute atomic E-state index is 11.3. The zero-order valence-electron chi connectivity index (χ0n) is 10.7. The topological polar surface area (TPSA) is 78.3 Å². The first-order valence-electron chi connectivity index (χ1n) is 6.38. The first kappa shape index (κ1) is 12.9. The van der Waals surface area contributed by atoms with Gasteiger partial charge in [-0.05, 0) is 37.0 Å². The molecule has 1 aromatic rings. The lowest BCUT2D eigenvalue weighted by Crippen LogP contribution is -2.50. The van der Waals surface area contributed by atoms with Gasteiger partial charge >= 0.3 is 0 Å². The lowest BCUT2D eigenvalue weighted by molar-refractivity contribution is -0.123. The Hall–Kier alpha value is -1.55. The average Bonchev–Trinajstić information content (AvgIpc) is 2.72. The molecule has 0 saturated heterocycles. The highest BCUT2D eigenvalue weighted by Crippen LogP contribution is 2.31. The predicted molar refractivity (Wildman–Crippen MR) is 70.2 cm³/mol. The molecule has 1 amide bonds. The molecule has 98 valence electrons. The Morgan fingerprint density at radius 2 is 2.33 bits per heavy atom. The minimum atomic E-state index is -0.896. The van der Waals surface area contributed by atoms with Crippen LogP contribution in [0.2, 0.25) is 0 Å². The summed E-state index contributed by atoms with van der Waals surface area (Å²) < 4.78 is 5.88. The number of primary amides is 1. The van der Waals surface area contributed by atoms with Crippen molar-refractivity contribution < 1.29 is 9.53 Å². The van der Waals surface area contributed by atoms with Crippen LogP contribution in [-0.2, 0) is 11.2 Å². The number of ether oxygens (including phenoxy) is 1. The highest BCUT2D eigenvalue weighted by atomic mass is 16.5. The van der Waals surface area contributed by atoms with Gasteiger partial charge in [0, 0.05) is 6.42 Å². The quantitative estimate of drug-likeness (QED) is 0.844. The fraction of sp³-hybridized carbons (Fsp3) is 0.500. The third kappa shape index (κ3) is 2.64. The van der Waals surface area contributed by atoms with Crippen molar-refractivity contribution in [3.8, 4) is 5.75 Å². The largest absolute Gasteiger partial charge is 0.490 e. The fourth-order valence-electron chi connectivity index (χ4n) is 2.38. The molecule has 0 spiro atoms. The van der Waals surface area contributed by atoms with Gasteiger partial charge in [0.15, 0.2) is 0 Å². The summed E-state index contributed by atoms with van der Waals surface area (Å²) in [6.07, 6.45) is 2.83. The van der Waals surface area contributed by atoms with Crippen molar-refractivity contribution in [1.82, 2.24) is 0 Å². The SMILES string of the molecule is CCc1cccc(OC2CCC(N)(C(N)=O)C2)c1. The van der Waals surface area contributed by atoms with Crippen molar-refractivity contribution in [2.75, 3.05) is 0 Å². The molecule has 18 heavy (non-hydrogen) atoms. The van der Waals surface area contributed by atoms with E-state index in [1.807, 2.05) is 18.2 Å². The molecule has 0 bridgehead atoms. The molecule has 1 aliphatic rings. The van der Waals surface area contributed by atoms with Crippen LogP contribution in [0.15, 0.2) is 24.3 Å². The van der Waals surface area contributed by atoms with Crippen LogP contribution in [0.3, 0.4) is 0 Å². The smallest absolute Gasteiger partial charge is 0.237 e. The summed E-state index contributed by atoms with van der Waals surface area (Å²) in [5.74, 6) is 0.406. The van der Waals surface area contributed by atoms with Crippen LogP contribution < -0.4 is 16.2 Å². The van der Waals surface area contributed by atoms with Crippen LogP contribution >= 0.6 is 0 Å². The fourth-order valence-corrected chi connectivity index (χ4v) is 2.38. The summed E-state index contributed by atoms with van der Waals surface area (Å²) in [5, 5.41) is 0. The maximum Gasteiger partial charge on any atom is 0.237 e. The Morgan fingerprint density at radius 3 is 2.94 bits per heavy atom. The summed E-state index contributed by atoms with van der Waals surface area (Å²) >= 11 is 0. The molecule has 0 radical (unpaired) electrons. The van der Waals surface area contributed by atoms with Crippen LogP contribution in [0.25, 0.3) is 0 Å². The number of amides is 1. The number of carbonyl (C=O) groups is 1.